The Morgan fingerprint density at radius 3 is 2.63 bits per heavy atom. The van der Waals surface area contributed by atoms with Crippen LogP contribution in [0.3, 0.4) is 0 Å². The Kier molecular flexibility index (Phi) is 5.67. The molecule has 2 heterocycles. The van der Waals surface area contributed by atoms with Gasteiger partial charge in [0, 0.05) is 12.6 Å². The van der Waals surface area contributed by atoms with Crippen molar-refractivity contribution in [3.8, 4) is 5.69 Å². The lowest BCUT2D eigenvalue weighted by Crippen LogP contribution is -2.20. The molecule has 0 radical (unpaired) electrons. The van der Waals surface area contributed by atoms with Crippen LogP contribution in [0.2, 0.25) is 0 Å². The number of amides is 1. The molecule has 152 valence electrons. The van der Waals surface area contributed by atoms with Crippen molar-refractivity contribution in [2.24, 2.45) is 12.1 Å². The number of hydrogen-bond acceptors (Lipinski definition) is 5. The second-order valence-corrected chi connectivity index (χ2v) is 7.80. The fourth-order valence-electron chi connectivity index (χ4n) is 3.25. The largest absolute Gasteiger partial charge is 0.322 e. The summed E-state index contributed by atoms with van der Waals surface area (Å²) in [5.41, 5.74) is 8.25. The van der Waals surface area contributed by atoms with E-state index < -0.39 is 0 Å². The van der Waals surface area contributed by atoms with Crippen molar-refractivity contribution in [2.75, 3.05) is 5.75 Å². The number of nitrogens with zero attached hydrogens (tertiary/aromatic N) is 5. The van der Waals surface area contributed by atoms with Gasteiger partial charge in [-0.1, -0.05) is 42.1 Å². The van der Waals surface area contributed by atoms with Crippen molar-refractivity contribution in [3.05, 3.63) is 71.5 Å². The molecular weight excluding hydrogens is 396 g/mol. The molecule has 0 bridgehead atoms. The molecule has 1 N–H and O–H groups in total. The molecule has 7 nitrogen and oxygen atoms in total. The van der Waals surface area contributed by atoms with Gasteiger partial charge in [-0.05, 0) is 38.1 Å². The van der Waals surface area contributed by atoms with Crippen LogP contribution in [0.5, 0.6) is 0 Å². The van der Waals surface area contributed by atoms with E-state index in [9.17, 15) is 4.79 Å². The third-order valence-electron chi connectivity index (χ3n) is 4.81. The highest BCUT2D eigenvalue weighted by Gasteiger charge is 2.12. The van der Waals surface area contributed by atoms with Gasteiger partial charge in [-0.15, -0.1) is 0 Å². The fourth-order valence-corrected chi connectivity index (χ4v) is 4.03. The van der Waals surface area contributed by atoms with E-state index in [0.29, 0.717) is 0 Å². The number of aryl methyl sites for hydroxylation is 2. The van der Waals surface area contributed by atoms with Crippen molar-refractivity contribution in [2.45, 2.75) is 19.0 Å². The Bertz CT molecular complexity index is 1230. The second kappa shape index (κ2) is 8.54. The number of benzene rings is 2. The average Bonchev–Trinajstić information content (AvgIpc) is 3.24. The van der Waals surface area contributed by atoms with Gasteiger partial charge in [-0.3, -0.25) is 4.79 Å². The van der Waals surface area contributed by atoms with E-state index in [1.54, 1.807) is 6.21 Å². The van der Waals surface area contributed by atoms with Crippen molar-refractivity contribution in [3.63, 3.8) is 0 Å². The third kappa shape index (κ3) is 3.99. The predicted octanol–water partition coefficient (Wildman–Crippen LogP) is 3.62. The molecular formula is C22H22N6OS. The zero-order valence-corrected chi connectivity index (χ0v) is 17.8. The van der Waals surface area contributed by atoms with Gasteiger partial charge < -0.3 is 4.57 Å². The van der Waals surface area contributed by atoms with E-state index >= 15 is 0 Å². The molecule has 8 heteroatoms. The van der Waals surface area contributed by atoms with E-state index in [2.05, 4.69) is 20.6 Å². The molecule has 0 aliphatic rings. The zero-order valence-electron chi connectivity index (χ0n) is 17.0. The van der Waals surface area contributed by atoms with Crippen LogP contribution in [-0.4, -0.2) is 37.2 Å². The van der Waals surface area contributed by atoms with Gasteiger partial charge in [0.05, 0.1) is 40.1 Å². The first-order chi connectivity index (χ1) is 14.5. The van der Waals surface area contributed by atoms with Gasteiger partial charge in [0.1, 0.15) is 0 Å². The Morgan fingerprint density at radius 1 is 1.13 bits per heavy atom. The Morgan fingerprint density at radius 2 is 1.87 bits per heavy atom. The number of fused-ring (bicyclic) bond motifs is 1. The minimum atomic E-state index is -0.186. The Hall–Kier alpha value is -3.39. The Labute approximate surface area is 178 Å². The molecule has 0 spiro atoms. The lowest BCUT2D eigenvalue weighted by atomic mass is 10.2. The van der Waals surface area contributed by atoms with Crippen LogP contribution in [0.4, 0.5) is 0 Å². The molecule has 2 aromatic heterocycles. The van der Waals surface area contributed by atoms with E-state index in [1.807, 2.05) is 84.7 Å². The quantitative estimate of drug-likeness (QED) is 0.295. The smallest absolute Gasteiger partial charge is 0.250 e. The summed E-state index contributed by atoms with van der Waals surface area (Å²) < 4.78 is 3.86. The van der Waals surface area contributed by atoms with Crippen LogP contribution in [-0.2, 0) is 11.8 Å². The fraction of sp³-hybridized carbons (Fsp3) is 0.182. The summed E-state index contributed by atoms with van der Waals surface area (Å²) in [5.74, 6) is 0.0458. The van der Waals surface area contributed by atoms with E-state index in [1.165, 1.54) is 11.8 Å². The number of para-hydroxylation sites is 3. The summed E-state index contributed by atoms with van der Waals surface area (Å²) in [4.78, 5) is 16.8. The van der Waals surface area contributed by atoms with Crippen LogP contribution in [0.15, 0.2) is 64.9 Å². The maximum Gasteiger partial charge on any atom is 0.250 e. The van der Waals surface area contributed by atoms with E-state index in [4.69, 9.17) is 0 Å². The molecule has 0 fully saturated rings. The first-order valence-corrected chi connectivity index (χ1v) is 10.5. The lowest BCUT2D eigenvalue weighted by Gasteiger charge is -2.03. The minimum Gasteiger partial charge on any atom is -0.322 e. The zero-order chi connectivity index (χ0) is 21.1. The normalized spacial score (nSPS) is 11.4. The third-order valence-corrected chi connectivity index (χ3v) is 5.84. The lowest BCUT2D eigenvalue weighted by molar-refractivity contribution is -0.118. The highest BCUT2D eigenvalue weighted by Crippen LogP contribution is 2.22. The van der Waals surface area contributed by atoms with Crippen LogP contribution < -0.4 is 5.43 Å². The number of imidazole rings is 1. The molecule has 1 amide bonds. The maximum absolute atomic E-state index is 12.2. The maximum atomic E-state index is 12.2. The summed E-state index contributed by atoms with van der Waals surface area (Å²) in [5, 5.41) is 9.51. The summed E-state index contributed by atoms with van der Waals surface area (Å²) >= 11 is 1.38. The molecule has 0 saturated heterocycles. The molecule has 4 aromatic rings. The number of aromatic nitrogens is 4. The van der Waals surface area contributed by atoms with Crippen LogP contribution in [0.25, 0.3) is 16.7 Å². The van der Waals surface area contributed by atoms with Crippen molar-refractivity contribution in [1.82, 2.24) is 24.8 Å². The SMILES string of the molecule is Cc1nn(-c2ccccc2)c(C)c1/C=N/NC(=O)CSc1nc2ccccc2n1C. The Balaban J connectivity index is 1.39. The van der Waals surface area contributed by atoms with Gasteiger partial charge in [0.15, 0.2) is 5.16 Å². The van der Waals surface area contributed by atoms with E-state index in [0.717, 1.165) is 38.8 Å². The number of carbonyl (C=O) groups excluding carboxylic acids is 1. The summed E-state index contributed by atoms with van der Waals surface area (Å²) in [6.07, 6.45) is 1.65. The van der Waals surface area contributed by atoms with E-state index in [-0.39, 0.29) is 11.7 Å². The number of carbonyl (C=O) groups is 1. The molecule has 0 unspecified atom stereocenters. The van der Waals surface area contributed by atoms with Crippen LogP contribution in [0.1, 0.15) is 17.0 Å². The predicted molar refractivity (Wildman–Crippen MR) is 120 cm³/mol. The van der Waals surface area contributed by atoms with Gasteiger partial charge in [0.2, 0.25) is 0 Å². The summed E-state index contributed by atoms with van der Waals surface area (Å²) in [6.45, 7) is 3.91. The second-order valence-electron chi connectivity index (χ2n) is 6.86. The van der Waals surface area contributed by atoms with Gasteiger partial charge in [0.25, 0.3) is 5.91 Å². The number of hydrogen-bond donors (Lipinski definition) is 1. The minimum absolute atomic E-state index is 0.186. The average molecular weight is 419 g/mol. The van der Waals surface area contributed by atoms with Crippen molar-refractivity contribution < 1.29 is 4.79 Å². The number of hydrazone groups is 1. The van der Waals surface area contributed by atoms with Crippen LogP contribution >= 0.6 is 11.8 Å². The summed E-state index contributed by atoms with van der Waals surface area (Å²) in [7, 11) is 1.95. The number of thioether (sulfide) groups is 1. The van der Waals surface area contributed by atoms with Crippen LogP contribution in [0, 0.1) is 13.8 Å². The molecule has 0 saturated carbocycles. The molecule has 0 aliphatic carbocycles. The summed E-state index contributed by atoms with van der Waals surface area (Å²) in [6, 6.07) is 17.8. The van der Waals surface area contributed by atoms with Crippen molar-refractivity contribution >= 4 is 34.9 Å². The first kappa shape index (κ1) is 19.9. The van der Waals surface area contributed by atoms with Gasteiger partial charge in [-0.2, -0.15) is 10.2 Å². The number of nitrogens with one attached hydrogen (secondary N) is 1. The standard InChI is InChI=1S/C22H22N6OS/c1-15-18(16(2)28(26-15)17-9-5-4-6-10-17)13-23-25-21(29)14-30-22-24-19-11-7-8-12-20(19)27(22)3/h4-13H,14H2,1-3H3,(H,25,29)/b23-13+. The number of rotatable bonds is 6. The highest BCUT2D eigenvalue weighted by atomic mass is 32.2. The van der Waals surface area contributed by atoms with Gasteiger partial charge in [-0.25, -0.2) is 15.1 Å². The molecule has 2 aromatic carbocycles. The highest BCUT2D eigenvalue weighted by molar-refractivity contribution is 7.99. The molecule has 0 atom stereocenters. The topological polar surface area (TPSA) is 77.1 Å². The first-order valence-electron chi connectivity index (χ1n) is 9.52. The van der Waals surface area contributed by atoms with Crippen molar-refractivity contribution in [1.29, 1.82) is 0 Å². The van der Waals surface area contributed by atoms with Gasteiger partial charge >= 0.3 is 0 Å². The molecule has 4 rings (SSSR count). The monoisotopic (exact) mass is 418 g/mol. The molecule has 30 heavy (non-hydrogen) atoms. The molecule has 0 aliphatic heterocycles.